The summed E-state index contributed by atoms with van der Waals surface area (Å²) in [6.07, 6.45) is 2.07. The van der Waals surface area contributed by atoms with Crippen LogP contribution in [0.4, 0.5) is 0 Å². The van der Waals surface area contributed by atoms with Crippen LogP contribution in [0.5, 0.6) is 5.75 Å². The third-order valence-electron chi connectivity index (χ3n) is 3.58. The topological polar surface area (TPSA) is 49.9 Å². The fourth-order valence-corrected chi connectivity index (χ4v) is 2.59. The first-order valence-corrected chi connectivity index (χ1v) is 6.77. The van der Waals surface area contributed by atoms with E-state index in [2.05, 4.69) is 29.4 Å². The van der Waals surface area contributed by atoms with E-state index in [4.69, 9.17) is 9.72 Å². The fourth-order valence-electron chi connectivity index (χ4n) is 2.59. The number of aryl methyl sites for hydroxylation is 2. The summed E-state index contributed by atoms with van der Waals surface area (Å²) in [4.78, 5) is 8.16. The van der Waals surface area contributed by atoms with Gasteiger partial charge in [-0.05, 0) is 43.1 Å². The zero-order chi connectivity index (χ0) is 13.2. The highest BCUT2D eigenvalue weighted by Crippen LogP contribution is 2.33. The molecule has 0 amide bonds. The van der Waals surface area contributed by atoms with Gasteiger partial charge in [0, 0.05) is 11.3 Å². The second kappa shape index (κ2) is 5.05. The maximum Gasteiger partial charge on any atom is 0.121 e. The molecule has 2 aromatic rings. The van der Waals surface area contributed by atoms with Crippen molar-refractivity contribution < 1.29 is 4.74 Å². The van der Waals surface area contributed by atoms with Gasteiger partial charge in [0.1, 0.15) is 11.6 Å². The molecule has 0 saturated carbocycles. The minimum atomic E-state index is 0.801. The molecule has 1 aromatic carbocycles. The second-order valence-electron chi connectivity index (χ2n) is 4.81. The van der Waals surface area contributed by atoms with Crippen LogP contribution in [0.25, 0.3) is 11.3 Å². The van der Waals surface area contributed by atoms with Crippen LogP contribution in [0.3, 0.4) is 0 Å². The Morgan fingerprint density at radius 2 is 2.26 bits per heavy atom. The molecule has 0 bridgehead atoms. The number of hydrogen-bond donors (Lipinski definition) is 2. The van der Waals surface area contributed by atoms with Crippen LogP contribution < -0.4 is 10.1 Å². The monoisotopic (exact) mass is 257 g/mol. The van der Waals surface area contributed by atoms with Gasteiger partial charge in [0.25, 0.3) is 0 Å². The summed E-state index contributed by atoms with van der Waals surface area (Å²) >= 11 is 0. The smallest absolute Gasteiger partial charge is 0.121 e. The molecule has 19 heavy (non-hydrogen) atoms. The standard InChI is InChI=1S/C15H19N3O/c1-3-16-9-14-17-13-7-4-10-8-11(19-2)5-6-12(10)15(13)18-14/h5-6,8,16H,3-4,7,9H2,1-2H3,(H,17,18). The van der Waals surface area contributed by atoms with E-state index in [0.29, 0.717) is 0 Å². The average Bonchev–Trinajstić information content (AvgIpc) is 2.87. The van der Waals surface area contributed by atoms with Gasteiger partial charge in [0.05, 0.1) is 19.3 Å². The minimum Gasteiger partial charge on any atom is -0.497 e. The van der Waals surface area contributed by atoms with E-state index in [1.807, 2.05) is 6.07 Å². The lowest BCUT2D eigenvalue weighted by atomic mass is 9.92. The number of H-pyrrole nitrogens is 1. The summed E-state index contributed by atoms with van der Waals surface area (Å²) in [6, 6.07) is 6.24. The first-order valence-electron chi connectivity index (χ1n) is 6.77. The van der Waals surface area contributed by atoms with Crippen LogP contribution in [0.1, 0.15) is 24.0 Å². The predicted molar refractivity (Wildman–Crippen MR) is 75.4 cm³/mol. The maximum atomic E-state index is 5.29. The van der Waals surface area contributed by atoms with Crippen LogP contribution in [0.15, 0.2) is 18.2 Å². The van der Waals surface area contributed by atoms with Crippen molar-refractivity contribution in [3.63, 3.8) is 0 Å². The number of hydrogen-bond acceptors (Lipinski definition) is 3. The van der Waals surface area contributed by atoms with Crippen LogP contribution in [-0.4, -0.2) is 23.6 Å². The maximum absolute atomic E-state index is 5.29. The molecule has 2 N–H and O–H groups in total. The van der Waals surface area contributed by atoms with Crippen molar-refractivity contribution in [1.82, 2.24) is 15.3 Å². The highest BCUT2D eigenvalue weighted by molar-refractivity contribution is 5.69. The van der Waals surface area contributed by atoms with Gasteiger partial charge in [0.2, 0.25) is 0 Å². The highest BCUT2D eigenvalue weighted by atomic mass is 16.5. The third kappa shape index (κ3) is 2.24. The molecule has 1 heterocycles. The van der Waals surface area contributed by atoms with E-state index in [9.17, 15) is 0 Å². The van der Waals surface area contributed by atoms with Gasteiger partial charge in [-0.2, -0.15) is 0 Å². The molecule has 3 rings (SSSR count). The van der Waals surface area contributed by atoms with E-state index in [-0.39, 0.29) is 0 Å². The molecule has 4 heteroatoms. The van der Waals surface area contributed by atoms with Crippen LogP contribution in [0, 0.1) is 0 Å². The predicted octanol–water partition coefficient (Wildman–Crippen LogP) is 2.29. The van der Waals surface area contributed by atoms with Crippen molar-refractivity contribution in [2.75, 3.05) is 13.7 Å². The summed E-state index contributed by atoms with van der Waals surface area (Å²) in [5.74, 6) is 1.95. The van der Waals surface area contributed by atoms with E-state index >= 15 is 0 Å². The lowest BCUT2D eigenvalue weighted by molar-refractivity contribution is 0.414. The van der Waals surface area contributed by atoms with Crippen molar-refractivity contribution in [1.29, 1.82) is 0 Å². The molecular formula is C15H19N3O. The Bertz CT molecular complexity index is 589. The number of benzene rings is 1. The SMILES string of the molecule is CCNCc1nc2c([nH]1)CCc1cc(OC)ccc1-2. The number of imidazole rings is 1. The van der Waals surface area contributed by atoms with Gasteiger partial charge in [-0.3, -0.25) is 0 Å². The van der Waals surface area contributed by atoms with E-state index < -0.39 is 0 Å². The second-order valence-corrected chi connectivity index (χ2v) is 4.81. The summed E-state index contributed by atoms with van der Waals surface area (Å²) in [6.45, 7) is 3.86. The average molecular weight is 257 g/mol. The Hall–Kier alpha value is -1.81. The molecule has 1 aliphatic rings. The number of nitrogens with one attached hydrogen (secondary N) is 2. The molecule has 0 fully saturated rings. The number of nitrogens with zero attached hydrogens (tertiary/aromatic N) is 1. The largest absolute Gasteiger partial charge is 0.497 e. The Balaban J connectivity index is 1.96. The van der Waals surface area contributed by atoms with Gasteiger partial charge in [-0.15, -0.1) is 0 Å². The van der Waals surface area contributed by atoms with E-state index in [0.717, 1.165) is 43.2 Å². The summed E-state index contributed by atoms with van der Waals surface area (Å²) in [5, 5.41) is 3.30. The Kier molecular flexibility index (Phi) is 3.25. The zero-order valence-corrected chi connectivity index (χ0v) is 11.4. The van der Waals surface area contributed by atoms with Crippen molar-refractivity contribution in [3.05, 3.63) is 35.3 Å². The first kappa shape index (κ1) is 12.2. The fraction of sp³-hybridized carbons (Fsp3) is 0.400. The molecule has 0 saturated heterocycles. The lowest BCUT2D eigenvalue weighted by Gasteiger charge is -2.15. The van der Waals surface area contributed by atoms with Crippen molar-refractivity contribution >= 4 is 0 Å². The normalized spacial score (nSPS) is 12.9. The van der Waals surface area contributed by atoms with Crippen LogP contribution >= 0.6 is 0 Å². The van der Waals surface area contributed by atoms with Crippen molar-refractivity contribution in [2.45, 2.75) is 26.3 Å². The molecule has 4 nitrogen and oxygen atoms in total. The Morgan fingerprint density at radius 1 is 1.37 bits per heavy atom. The lowest BCUT2D eigenvalue weighted by Crippen LogP contribution is -2.12. The number of rotatable bonds is 4. The summed E-state index contributed by atoms with van der Waals surface area (Å²) in [7, 11) is 1.71. The first-order chi connectivity index (χ1) is 9.31. The quantitative estimate of drug-likeness (QED) is 0.883. The van der Waals surface area contributed by atoms with Crippen molar-refractivity contribution in [2.24, 2.45) is 0 Å². The Morgan fingerprint density at radius 3 is 3.05 bits per heavy atom. The van der Waals surface area contributed by atoms with Gasteiger partial charge in [0.15, 0.2) is 0 Å². The number of methoxy groups -OCH3 is 1. The molecular weight excluding hydrogens is 238 g/mol. The molecule has 0 unspecified atom stereocenters. The molecule has 1 aliphatic carbocycles. The minimum absolute atomic E-state index is 0.801. The zero-order valence-electron chi connectivity index (χ0n) is 11.4. The van der Waals surface area contributed by atoms with E-state index in [1.165, 1.54) is 16.8 Å². The third-order valence-corrected chi connectivity index (χ3v) is 3.58. The number of fused-ring (bicyclic) bond motifs is 3. The number of ether oxygens (including phenoxy) is 1. The summed E-state index contributed by atoms with van der Waals surface area (Å²) < 4.78 is 5.29. The van der Waals surface area contributed by atoms with Crippen molar-refractivity contribution in [3.8, 4) is 17.0 Å². The molecule has 1 aromatic heterocycles. The van der Waals surface area contributed by atoms with Crippen LogP contribution in [0.2, 0.25) is 0 Å². The molecule has 0 atom stereocenters. The molecule has 0 aliphatic heterocycles. The number of aromatic nitrogens is 2. The molecule has 0 spiro atoms. The van der Waals surface area contributed by atoms with Gasteiger partial charge in [-0.1, -0.05) is 6.92 Å². The molecule has 100 valence electrons. The van der Waals surface area contributed by atoms with Crippen LogP contribution in [-0.2, 0) is 19.4 Å². The van der Waals surface area contributed by atoms with E-state index in [1.54, 1.807) is 7.11 Å². The molecule has 0 radical (unpaired) electrons. The Labute approximate surface area is 113 Å². The highest BCUT2D eigenvalue weighted by Gasteiger charge is 2.20. The van der Waals surface area contributed by atoms with Gasteiger partial charge >= 0.3 is 0 Å². The van der Waals surface area contributed by atoms with Gasteiger partial charge in [-0.25, -0.2) is 4.98 Å². The summed E-state index contributed by atoms with van der Waals surface area (Å²) in [5.41, 5.74) is 4.93. The van der Waals surface area contributed by atoms with Gasteiger partial charge < -0.3 is 15.0 Å². The number of aromatic amines is 1.